The van der Waals surface area contributed by atoms with Crippen molar-refractivity contribution in [3.63, 3.8) is 0 Å². The molecule has 1 aliphatic heterocycles. The molecule has 1 rings (SSSR count). The van der Waals surface area contributed by atoms with Crippen LogP contribution in [0.25, 0.3) is 0 Å². The Hall–Kier alpha value is -0.160. The van der Waals surface area contributed by atoms with Gasteiger partial charge < -0.3 is 20.6 Å². The third kappa shape index (κ3) is 2.20. The van der Waals surface area contributed by atoms with Crippen LogP contribution in [0.4, 0.5) is 0 Å². The zero-order valence-electron chi connectivity index (χ0n) is 8.20. The quantitative estimate of drug-likeness (QED) is 0.460. The summed E-state index contributed by atoms with van der Waals surface area (Å²) in [6.07, 6.45) is 0.447. The molecule has 1 aliphatic rings. The molecule has 0 aromatic heterocycles. The number of hydrogen-bond donors (Lipinski definition) is 4. The first kappa shape index (κ1) is 10.9. The summed E-state index contributed by atoms with van der Waals surface area (Å²) in [4.78, 5) is 0. The molecule has 0 amide bonds. The molecular formula is C9H19NO3. The van der Waals surface area contributed by atoms with E-state index in [-0.39, 0.29) is 18.7 Å². The maximum atomic E-state index is 9.91. The Morgan fingerprint density at radius 3 is 2.62 bits per heavy atom. The van der Waals surface area contributed by atoms with Gasteiger partial charge in [0, 0.05) is 12.5 Å². The molecule has 4 heteroatoms. The lowest BCUT2D eigenvalue weighted by molar-refractivity contribution is -0.0794. The van der Waals surface area contributed by atoms with Gasteiger partial charge in [-0.3, -0.25) is 0 Å². The van der Waals surface area contributed by atoms with E-state index in [0.717, 1.165) is 6.42 Å². The van der Waals surface area contributed by atoms with Crippen molar-refractivity contribution in [2.75, 3.05) is 6.61 Å². The van der Waals surface area contributed by atoms with Crippen molar-refractivity contribution in [1.29, 1.82) is 0 Å². The molecule has 4 N–H and O–H groups in total. The Kier molecular flexibility index (Phi) is 3.29. The largest absolute Gasteiger partial charge is 0.395 e. The molecule has 0 unspecified atom stereocenters. The van der Waals surface area contributed by atoms with E-state index in [0.29, 0.717) is 6.42 Å². The van der Waals surface area contributed by atoms with Gasteiger partial charge in [-0.05, 0) is 13.3 Å². The maximum absolute atomic E-state index is 9.91. The van der Waals surface area contributed by atoms with Crippen molar-refractivity contribution in [1.82, 2.24) is 5.32 Å². The van der Waals surface area contributed by atoms with Crippen molar-refractivity contribution in [3.05, 3.63) is 0 Å². The Morgan fingerprint density at radius 1 is 1.54 bits per heavy atom. The number of rotatable bonds is 2. The fourth-order valence-electron chi connectivity index (χ4n) is 1.99. The average Bonchev–Trinajstić information content (AvgIpc) is 2.03. The van der Waals surface area contributed by atoms with Crippen LogP contribution < -0.4 is 5.32 Å². The first-order valence-electron chi connectivity index (χ1n) is 4.78. The van der Waals surface area contributed by atoms with E-state index in [4.69, 9.17) is 5.11 Å². The predicted molar refractivity (Wildman–Crippen MR) is 49.3 cm³/mol. The van der Waals surface area contributed by atoms with Gasteiger partial charge in [0.1, 0.15) is 0 Å². The lowest BCUT2D eigenvalue weighted by Gasteiger charge is -2.43. The van der Waals surface area contributed by atoms with Gasteiger partial charge in [0.2, 0.25) is 0 Å². The summed E-state index contributed by atoms with van der Waals surface area (Å²) < 4.78 is 0. The summed E-state index contributed by atoms with van der Waals surface area (Å²) >= 11 is 0. The van der Waals surface area contributed by atoms with Crippen LogP contribution in [0.5, 0.6) is 0 Å². The van der Waals surface area contributed by atoms with Crippen molar-refractivity contribution in [2.24, 2.45) is 0 Å². The highest BCUT2D eigenvalue weighted by Crippen LogP contribution is 2.26. The van der Waals surface area contributed by atoms with Crippen LogP contribution in [-0.2, 0) is 0 Å². The second-order valence-electron chi connectivity index (χ2n) is 4.05. The molecule has 1 heterocycles. The van der Waals surface area contributed by atoms with Crippen molar-refractivity contribution < 1.29 is 15.3 Å². The molecule has 0 bridgehead atoms. The van der Waals surface area contributed by atoms with E-state index in [1.54, 1.807) is 6.92 Å². The molecule has 78 valence electrons. The van der Waals surface area contributed by atoms with E-state index in [2.05, 4.69) is 5.32 Å². The van der Waals surface area contributed by atoms with Gasteiger partial charge in [0.15, 0.2) is 0 Å². The van der Waals surface area contributed by atoms with Crippen LogP contribution in [-0.4, -0.2) is 45.7 Å². The van der Waals surface area contributed by atoms with E-state index in [1.165, 1.54) is 0 Å². The minimum Gasteiger partial charge on any atom is -0.395 e. The van der Waals surface area contributed by atoms with Crippen LogP contribution in [0.3, 0.4) is 0 Å². The third-order valence-electron chi connectivity index (χ3n) is 2.86. The Balaban J connectivity index is 2.66. The molecule has 1 saturated heterocycles. The van der Waals surface area contributed by atoms with E-state index >= 15 is 0 Å². The molecule has 13 heavy (non-hydrogen) atoms. The highest BCUT2D eigenvalue weighted by molar-refractivity contribution is 4.98. The highest BCUT2D eigenvalue weighted by Gasteiger charge is 2.41. The fourth-order valence-corrected chi connectivity index (χ4v) is 1.99. The molecule has 1 fully saturated rings. The van der Waals surface area contributed by atoms with Crippen molar-refractivity contribution >= 4 is 0 Å². The fraction of sp³-hybridized carbons (Fsp3) is 1.00. The van der Waals surface area contributed by atoms with Gasteiger partial charge >= 0.3 is 0 Å². The molecule has 0 saturated carbocycles. The second kappa shape index (κ2) is 3.92. The van der Waals surface area contributed by atoms with Crippen molar-refractivity contribution in [2.45, 2.75) is 50.5 Å². The molecule has 0 aromatic carbocycles. The summed E-state index contributed by atoms with van der Waals surface area (Å²) in [6, 6.07) is -0.349. The third-order valence-corrected chi connectivity index (χ3v) is 2.86. The van der Waals surface area contributed by atoms with Crippen LogP contribution in [0.2, 0.25) is 0 Å². The van der Waals surface area contributed by atoms with E-state index in [9.17, 15) is 10.2 Å². The lowest BCUT2D eigenvalue weighted by Crippen LogP contribution is -2.63. The monoisotopic (exact) mass is 189 g/mol. The zero-order chi connectivity index (χ0) is 10.1. The molecule has 4 atom stereocenters. The number of piperidine rings is 1. The summed E-state index contributed by atoms with van der Waals surface area (Å²) in [5.74, 6) is 0. The number of nitrogens with one attached hydrogen (secondary N) is 1. The Morgan fingerprint density at radius 2 is 2.15 bits per heavy atom. The van der Waals surface area contributed by atoms with Crippen LogP contribution >= 0.6 is 0 Å². The van der Waals surface area contributed by atoms with Crippen LogP contribution in [0.1, 0.15) is 26.7 Å². The standard InChI is InChI=1S/C9H19NO3/c1-3-8-9(2,13)4-7(12)6(5-11)10-8/h6-8,10-13H,3-5H2,1-2H3/t6-,7-,8-,9+/m1/s1. The van der Waals surface area contributed by atoms with Crippen molar-refractivity contribution in [3.8, 4) is 0 Å². The van der Waals surface area contributed by atoms with Gasteiger partial charge in [-0.25, -0.2) is 0 Å². The minimum absolute atomic E-state index is 0.0481. The zero-order valence-corrected chi connectivity index (χ0v) is 8.20. The topological polar surface area (TPSA) is 72.7 Å². The van der Waals surface area contributed by atoms with Gasteiger partial charge in [-0.2, -0.15) is 0 Å². The summed E-state index contributed by atoms with van der Waals surface area (Å²) in [7, 11) is 0. The SMILES string of the molecule is CC[C@H]1N[C@H](CO)[C@H](O)C[C@]1(C)O. The molecule has 0 radical (unpaired) electrons. The highest BCUT2D eigenvalue weighted by atomic mass is 16.3. The van der Waals surface area contributed by atoms with Gasteiger partial charge in [0.05, 0.1) is 24.4 Å². The smallest absolute Gasteiger partial charge is 0.0797 e. The summed E-state index contributed by atoms with van der Waals surface area (Å²) in [5, 5.41) is 31.4. The predicted octanol–water partition coefficient (Wildman–Crippen LogP) is -0.769. The molecular weight excluding hydrogens is 170 g/mol. The number of aliphatic hydroxyl groups is 3. The van der Waals surface area contributed by atoms with Gasteiger partial charge in [0.25, 0.3) is 0 Å². The van der Waals surface area contributed by atoms with Crippen LogP contribution in [0, 0.1) is 0 Å². The van der Waals surface area contributed by atoms with Gasteiger partial charge in [-0.15, -0.1) is 0 Å². The number of hydrogen-bond acceptors (Lipinski definition) is 4. The summed E-state index contributed by atoms with van der Waals surface area (Å²) in [5.41, 5.74) is -0.875. The first-order chi connectivity index (χ1) is 6.01. The maximum Gasteiger partial charge on any atom is 0.0797 e. The van der Waals surface area contributed by atoms with E-state index in [1.807, 2.05) is 6.92 Å². The van der Waals surface area contributed by atoms with Crippen LogP contribution in [0.15, 0.2) is 0 Å². The summed E-state index contributed by atoms with van der Waals surface area (Å²) in [6.45, 7) is 3.59. The Bertz CT molecular complexity index is 172. The van der Waals surface area contributed by atoms with E-state index < -0.39 is 11.7 Å². The van der Waals surface area contributed by atoms with Gasteiger partial charge in [-0.1, -0.05) is 6.92 Å². The Labute approximate surface area is 78.6 Å². The lowest BCUT2D eigenvalue weighted by atomic mass is 9.82. The number of aliphatic hydroxyl groups excluding tert-OH is 2. The molecule has 0 aliphatic carbocycles. The molecule has 0 aromatic rings. The molecule has 0 spiro atoms. The second-order valence-corrected chi connectivity index (χ2v) is 4.05. The normalized spacial score (nSPS) is 46.4. The average molecular weight is 189 g/mol. The minimum atomic E-state index is -0.875. The first-order valence-corrected chi connectivity index (χ1v) is 4.78. The molecule has 4 nitrogen and oxygen atoms in total.